The van der Waals surface area contributed by atoms with Gasteiger partial charge >= 0.3 is 0 Å². The number of benzene rings is 1. The second-order valence-electron chi connectivity index (χ2n) is 3.08. The van der Waals surface area contributed by atoms with Gasteiger partial charge in [0.1, 0.15) is 5.75 Å². The van der Waals surface area contributed by atoms with E-state index in [9.17, 15) is 4.79 Å². The highest BCUT2D eigenvalue weighted by molar-refractivity contribution is 6.30. The summed E-state index contributed by atoms with van der Waals surface area (Å²) >= 11 is 5.79. The first-order chi connectivity index (χ1) is 7.13. The molecule has 3 N–H and O–H groups in total. The van der Waals surface area contributed by atoms with E-state index in [-0.39, 0.29) is 12.3 Å². The van der Waals surface area contributed by atoms with Crippen molar-refractivity contribution in [2.75, 3.05) is 6.61 Å². The number of halogens is 1. The van der Waals surface area contributed by atoms with Gasteiger partial charge in [-0.05, 0) is 30.7 Å². The van der Waals surface area contributed by atoms with E-state index in [2.05, 4.69) is 0 Å². The van der Waals surface area contributed by atoms with Gasteiger partial charge in [-0.3, -0.25) is 10.2 Å². The standard InChI is InChI=1S/C10H13ClN2O2/c1-7-6-8(11)2-3-9(7)15-5-4-10(14)13-12/h2-3,6H,4-5,12H2,1H3,(H,13,14). The Hall–Kier alpha value is -1.26. The zero-order chi connectivity index (χ0) is 11.3. The Morgan fingerprint density at radius 3 is 2.93 bits per heavy atom. The second-order valence-corrected chi connectivity index (χ2v) is 3.51. The number of nitrogens with two attached hydrogens (primary N) is 1. The van der Waals surface area contributed by atoms with E-state index in [0.29, 0.717) is 11.6 Å². The first kappa shape index (κ1) is 11.8. The highest BCUT2D eigenvalue weighted by Gasteiger charge is 2.02. The van der Waals surface area contributed by atoms with Crippen molar-refractivity contribution >= 4 is 17.5 Å². The van der Waals surface area contributed by atoms with Gasteiger partial charge in [-0.25, -0.2) is 5.84 Å². The molecule has 1 rings (SSSR count). The molecule has 0 saturated carbocycles. The molecule has 0 aromatic heterocycles. The fourth-order valence-electron chi connectivity index (χ4n) is 1.10. The molecule has 1 aromatic carbocycles. The number of ether oxygens (including phenoxy) is 1. The summed E-state index contributed by atoms with van der Waals surface area (Å²) in [4.78, 5) is 10.8. The molecule has 0 bridgehead atoms. The summed E-state index contributed by atoms with van der Waals surface area (Å²) in [6, 6.07) is 5.32. The van der Waals surface area contributed by atoms with Gasteiger partial charge in [0.05, 0.1) is 13.0 Å². The first-order valence-corrected chi connectivity index (χ1v) is 4.89. The molecule has 0 aliphatic heterocycles. The van der Waals surface area contributed by atoms with Crippen LogP contribution in [-0.2, 0) is 4.79 Å². The van der Waals surface area contributed by atoms with E-state index < -0.39 is 0 Å². The summed E-state index contributed by atoms with van der Waals surface area (Å²) in [5.74, 6) is 5.41. The van der Waals surface area contributed by atoms with Crippen LogP contribution in [0, 0.1) is 6.92 Å². The number of hydrogen-bond acceptors (Lipinski definition) is 3. The van der Waals surface area contributed by atoms with E-state index in [0.717, 1.165) is 11.3 Å². The molecule has 15 heavy (non-hydrogen) atoms. The average Bonchev–Trinajstić information content (AvgIpc) is 2.21. The molecule has 0 heterocycles. The molecular weight excluding hydrogens is 216 g/mol. The predicted molar refractivity (Wildman–Crippen MR) is 58.6 cm³/mol. The van der Waals surface area contributed by atoms with Crippen molar-refractivity contribution in [3.63, 3.8) is 0 Å². The van der Waals surface area contributed by atoms with Crippen LogP contribution in [-0.4, -0.2) is 12.5 Å². The Labute approximate surface area is 93.3 Å². The molecule has 0 atom stereocenters. The van der Waals surface area contributed by atoms with Gasteiger partial charge in [0.25, 0.3) is 0 Å². The van der Waals surface area contributed by atoms with Crippen LogP contribution in [0.25, 0.3) is 0 Å². The van der Waals surface area contributed by atoms with Gasteiger partial charge in [0.2, 0.25) is 5.91 Å². The average molecular weight is 229 g/mol. The number of aryl methyl sites for hydroxylation is 1. The maximum absolute atomic E-state index is 10.8. The second kappa shape index (κ2) is 5.58. The highest BCUT2D eigenvalue weighted by Crippen LogP contribution is 2.21. The lowest BCUT2D eigenvalue weighted by atomic mass is 10.2. The van der Waals surface area contributed by atoms with Gasteiger partial charge in [0, 0.05) is 5.02 Å². The summed E-state index contributed by atoms with van der Waals surface area (Å²) in [5.41, 5.74) is 2.98. The number of hydrazine groups is 1. The minimum absolute atomic E-state index is 0.235. The minimum atomic E-state index is -0.249. The van der Waals surface area contributed by atoms with Gasteiger partial charge in [-0.2, -0.15) is 0 Å². The Bertz CT molecular complexity index is 355. The number of hydrogen-bond donors (Lipinski definition) is 2. The van der Waals surface area contributed by atoms with E-state index in [1.807, 2.05) is 12.3 Å². The number of rotatable bonds is 4. The third-order valence-corrected chi connectivity index (χ3v) is 2.12. The zero-order valence-electron chi connectivity index (χ0n) is 8.42. The highest BCUT2D eigenvalue weighted by atomic mass is 35.5. The van der Waals surface area contributed by atoms with Crippen LogP contribution < -0.4 is 16.0 Å². The van der Waals surface area contributed by atoms with Gasteiger partial charge in [0.15, 0.2) is 0 Å². The molecule has 0 radical (unpaired) electrons. The van der Waals surface area contributed by atoms with Crippen LogP contribution in [0.1, 0.15) is 12.0 Å². The summed E-state index contributed by atoms with van der Waals surface area (Å²) < 4.78 is 5.39. The minimum Gasteiger partial charge on any atom is -0.493 e. The maximum atomic E-state index is 10.8. The fourth-order valence-corrected chi connectivity index (χ4v) is 1.33. The van der Waals surface area contributed by atoms with Crippen molar-refractivity contribution < 1.29 is 9.53 Å². The lowest BCUT2D eigenvalue weighted by molar-refractivity contribution is -0.121. The first-order valence-electron chi connectivity index (χ1n) is 4.52. The molecule has 1 aromatic rings. The van der Waals surface area contributed by atoms with Crippen molar-refractivity contribution in [2.24, 2.45) is 5.84 Å². The smallest absolute Gasteiger partial charge is 0.237 e. The molecule has 82 valence electrons. The molecule has 0 aliphatic rings. The maximum Gasteiger partial charge on any atom is 0.237 e. The van der Waals surface area contributed by atoms with E-state index in [1.54, 1.807) is 18.2 Å². The van der Waals surface area contributed by atoms with Crippen LogP contribution in [0.2, 0.25) is 5.02 Å². The molecule has 1 amide bonds. The quantitative estimate of drug-likeness (QED) is 0.465. The van der Waals surface area contributed by atoms with E-state index in [4.69, 9.17) is 22.2 Å². The predicted octanol–water partition coefficient (Wildman–Crippen LogP) is 1.41. The van der Waals surface area contributed by atoms with Crippen LogP contribution in [0.5, 0.6) is 5.75 Å². The van der Waals surface area contributed by atoms with Crippen LogP contribution in [0.4, 0.5) is 0 Å². The van der Waals surface area contributed by atoms with Crippen molar-refractivity contribution in [3.05, 3.63) is 28.8 Å². The van der Waals surface area contributed by atoms with Crippen molar-refractivity contribution in [3.8, 4) is 5.75 Å². The molecule has 5 heteroatoms. The molecule has 0 saturated heterocycles. The molecule has 0 unspecified atom stereocenters. The van der Waals surface area contributed by atoms with Crippen molar-refractivity contribution in [1.82, 2.24) is 5.43 Å². The van der Waals surface area contributed by atoms with Crippen molar-refractivity contribution in [1.29, 1.82) is 0 Å². The Morgan fingerprint density at radius 2 is 2.33 bits per heavy atom. The summed E-state index contributed by atoms with van der Waals surface area (Å²) in [6.07, 6.45) is 0.235. The topological polar surface area (TPSA) is 64.3 Å². The molecule has 0 spiro atoms. The van der Waals surface area contributed by atoms with Crippen molar-refractivity contribution in [2.45, 2.75) is 13.3 Å². The lowest BCUT2D eigenvalue weighted by Crippen LogP contribution is -2.31. The monoisotopic (exact) mass is 228 g/mol. The SMILES string of the molecule is Cc1cc(Cl)ccc1OCCC(=O)NN. The summed E-state index contributed by atoms with van der Waals surface area (Å²) in [6.45, 7) is 2.19. The fraction of sp³-hybridized carbons (Fsp3) is 0.300. The number of carbonyl (C=O) groups is 1. The number of amides is 1. The molecule has 0 fully saturated rings. The third kappa shape index (κ3) is 3.77. The van der Waals surface area contributed by atoms with E-state index in [1.165, 1.54) is 0 Å². The van der Waals surface area contributed by atoms with Gasteiger partial charge in [-0.15, -0.1) is 0 Å². The summed E-state index contributed by atoms with van der Waals surface area (Å²) in [5, 5.41) is 0.666. The van der Waals surface area contributed by atoms with E-state index >= 15 is 0 Å². The van der Waals surface area contributed by atoms with Crippen LogP contribution >= 0.6 is 11.6 Å². The largest absolute Gasteiger partial charge is 0.493 e. The van der Waals surface area contributed by atoms with Gasteiger partial charge < -0.3 is 4.74 Å². The normalized spacial score (nSPS) is 9.80. The number of nitrogens with one attached hydrogen (secondary N) is 1. The molecule has 0 aliphatic carbocycles. The lowest BCUT2D eigenvalue weighted by Gasteiger charge is -2.08. The van der Waals surface area contributed by atoms with Crippen LogP contribution in [0.15, 0.2) is 18.2 Å². The Morgan fingerprint density at radius 1 is 1.60 bits per heavy atom. The molecule has 4 nitrogen and oxygen atoms in total. The zero-order valence-corrected chi connectivity index (χ0v) is 9.17. The Balaban J connectivity index is 2.47. The number of carbonyl (C=O) groups excluding carboxylic acids is 1. The van der Waals surface area contributed by atoms with Crippen LogP contribution in [0.3, 0.4) is 0 Å². The Kier molecular flexibility index (Phi) is 4.39. The van der Waals surface area contributed by atoms with Gasteiger partial charge in [-0.1, -0.05) is 11.6 Å². The molecular formula is C10H13ClN2O2. The third-order valence-electron chi connectivity index (χ3n) is 1.88. The summed E-state index contributed by atoms with van der Waals surface area (Å²) in [7, 11) is 0.